The zero-order chi connectivity index (χ0) is 20.7. The van der Waals surface area contributed by atoms with Crippen molar-refractivity contribution in [1.82, 2.24) is 24.1 Å². The first-order valence-electron chi connectivity index (χ1n) is 8.79. The van der Waals surface area contributed by atoms with E-state index in [4.69, 9.17) is 16.3 Å². The van der Waals surface area contributed by atoms with Gasteiger partial charge in [-0.2, -0.15) is 5.10 Å². The molecule has 7 nitrogen and oxygen atoms in total. The molecule has 1 N–H and O–H groups in total. The highest BCUT2D eigenvalue weighted by Gasteiger charge is 2.16. The van der Waals surface area contributed by atoms with E-state index in [0.29, 0.717) is 17.3 Å². The number of ether oxygens (including phenoxy) is 1. The van der Waals surface area contributed by atoms with Gasteiger partial charge in [0.15, 0.2) is 5.65 Å². The quantitative estimate of drug-likeness (QED) is 0.201. The predicted octanol–water partition coefficient (Wildman–Crippen LogP) is 5.65. The Balaban J connectivity index is 1.76. The van der Waals surface area contributed by atoms with Crippen LogP contribution in [0.25, 0.3) is 22.4 Å². The molecule has 0 radical (unpaired) electrons. The molecule has 0 aliphatic carbocycles. The molecule has 1 atom stereocenters. The second kappa shape index (κ2) is 8.08. The van der Waals surface area contributed by atoms with E-state index in [1.165, 1.54) is 0 Å². The molecule has 150 valence electrons. The number of hydrogen-bond acceptors (Lipinski definition) is 5. The Hall–Kier alpha value is -1.90. The summed E-state index contributed by atoms with van der Waals surface area (Å²) >= 11 is 8.61. The first kappa shape index (κ1) is 20.4. The number of imidazole rings is 1. The van der Waals surface area contributed by atoms with E-state index >= 15 is 0 Å². The zero-order valence-electron chi connectivity index (χ0n) is 16.3. The number of methoxy groups -OCH3 is 1. The SMILES string of the molecule is COc1cc(-c2cc(C)n(C)n2)ccc1Nc1cc(Cl)nc2c1nc(C)n2PI. The number of anilines is 2. The summed E-state index contributed by atoms with van der Waals surface area (Å²) in [5, 5.41) is 8.38. The van der Waals surface area contributed by atoms with Gasteiger partial charge in [-0.05, 0) is 54.1 Å². The zero-order valence-corrected chi connectivity index (χ0v) is 20.2. The Morgan fingerprint density at radius 2 is 1.93 bits per heavy atom. The fourth-order valence-corrected chi connectivity index (χ4v) is 5.45. The molecular formula is C19H19ClIN6OP. The molecule has 3 heterocycles. The van der Waals surface area contributed by atoms with Gasteiger partial charge in [0.1, 0.15) is 22.2 Å². The number of nitrogens with zero attached hydrogens (tertiary/aromatic N) is 5. The maximum Gasteiger partial charge on any atom is 0.167 e. The van der Waals surface area contributed by atoms with Crippen LogP contribution in [0.1, 0.15) is 11.5 Å². The largest absolute Gasteiger partial charge is 0.495 e. The summed E-state index contributed by atoms with van der Waals surface area (Å²) in [7, 11) is 3.58. The number of fused-ring (bicyclic) bond motifs is 1. The van der Waals surface area contributed by atoms with Gasteiger partial charge in [0.2, 0.25) is 0 Å². The van der Waals surface area contributed by atoms with Crippen LogP contribution < -0.4 is 10.1 Å². The smallest absolute Gasteiger partial charge is 0.167 e. The highest BCUT2D eigenvalue weighted by molar-refractivity contribution is 14.2. The summed E-state index contributed by atoms with van der Waals surface area (Å²) in [5.41, 5.74) is 6.14. The number of pyridine rings is 1. The van der Waals surface area contributed by atoms with Crippen molar-refractivity contribution < 1.29 is 4.74 Å². The van der Waals surface area contributed by atoms with Gasteiger partial charge >= 0.3 is 0 Å². The van der Waals surface area contributed by atoms with E-state index < -0.39 is 0 Å². The second-order valence-electron chi connectivity index (χ2n) is 6.58. The van der Waals surface area contributed by atoms with Crippen LogP contribution in [0.15, 0.2) is 30.3 Å². The van der Waals surface area contributed by atoms with E-state index in [1.54, 1.807) is 13.2 Å². The molecule has 3 aromatic heterocycles. The van der Waals surface area contributed by atoms with Crippen molar-refractivity contribution in [3.05, 3.63) is 47.0 Å². The highest BCUT2D eigenvalue weighted by Crippen LogP contribution is 2.37. The summed E-state index contributed by atoms with van der Waals surface area (Å²) in [5.74, 6) is 1.61. The minimum Gasteiger partial charge on any atom is -0.495 e. The fraction of sp³-hybridized carbons (Fsp3) is 0.211. The van der Waals surface area contributed by atoms with Crippen LogP contribution >= 0.6 is 40.0 Å². The van der Waals surface area contributed by atoms with E-state index in [1.807, 2.05) is 49.8 Å². The maximum atomic E-state index is 6.29. The normalized spacial score (nSPS) is 11.7. The standard InChI is InChI=1S/C19H19ClIN6OP/c1-10-7-14(25-26(10)3)12-5-6-13(16(8-12)28-4)23-15-9-17(20)24-19-18(15)22-11(2)27(19)29-21/h5-9,29H,1-4H3,(H,23,24). The van der Waals surface area contributed by atoms with Crippen LogP contribution in [-0.2, 0) is 7.05 Å². The third-order valence-electron chi connectivity index (χ3n) is 4.72. The molecule has 29 heavy (non-hydrogen) atoms. The molecule has 1 aromatic carbocycles. The lowest BCUT2D eigenvalue weighted by atomic mass is 10.1. The third kappa shape index (κ3) is 3.81. The molecule has 0 amide bonds. The van der Waals surface area contributed by atoms with Gasteiger partial charge in [0.25, 0.3) is 0 Å². The van der Waals surface area contributed by atoms with Gasteiger partial charge in [0.05, 0.1) is 30.6 Å². The van der Waals surface area contributed by atoms with E-state index in [9.17, 15) is 0 Å². The number of rotatable bonds is 5. The van der Waals surface area contributed by atoms with Crippen molar-refractivity contribution in [2.75, 3.05) is 12.4 Å². The van der Waals surface area contributed by atoms with E-state index in [2.05, 4.69) is 46.8 Å². The Morgan fingerprint density at radius 3 is 2.59 bits per heavy atom. The molecule has 0 spiro atoms. The maximum absolute atomic E-state index is 6.29. The van der Waals surface area contributed by atoms with E-state index in [0.717, 1.165) is 45.3 Å². The Morgan fingerprint density at radius 1 is 1.14 bits per heavy atom. The number of aryl methyl sites for hydroxylation is 3. The van der Waals surface area contributed by atoms with Crippen molar-refractivity contribution in [1.29, 1.82) is 0 Å². The van der Waals surface area contributed by atoms with Crippen LogP contribution in [0.2, 0.25) is 5.15 Å². The van der Waals surface area contributed by atoms with Crippen molar-refractivity contribution in [3.63, 3.8) is 0 Å². The van der Waals surface area contributed by atoms with Crippen LogP contribution in [0.5, 0.6) is 5.75 Å². The first-order chi connectivity index (χ1) is 13.9. The number of nitrogens with one attached hydrogen (secondary N) is 1. The van der Waals surface area contributed by atoms with Crippen molar-refractivity contribution >= 4 is 62.6 Å². The lowest BCUT2D eigenvalue weighted by molar-refractivity contribution is 0.417. The van der Waals surface area contributed by atoms with Crippen LogP contribution in [0, 0.1) is 13.8 Å². The van der Waals surface area contributed by atoms with Gasteiger partial charge < -0.3 is 10.1 Å². The van der Waals surface area contributed by atoms with Gasteiger partial charge in [-0.1, -0.05) is 17.7 Å². The lowest BCUT2D eigenvalue weighted by Crippen LogP contribution is -1.97. The fourth-order valence-electron chi connectivity index (χ4n) is 3.12. The Labute approximate surface area is 188 Å². The van der Waals surface area contributed by atoms with E-state index in [-0.39, 0.29) is 0 Å². The third-order valence-corrected chi connectivity index (χ3v) is 7.06. The molecule has 0 aliphatic rings. The lowest BCUT2D eigenvalue weighted by Gasteiger charge is -2.13. The van der Waals surface area contributed by atoms with Crippen LogP contribution in [-0.4, -0.2) is 31.2 Å². The average molecular weight is 541 g/mol. The summed E-state index contributed by atoms with van der Waals surface area (Å²) in [6, 6.07) is 9.80. The van der Waals surface area contributed by atoms with Crippen molar-refractivity contribution in [2.45, 2.75) is 13.8 Å². The molecule has 10 heteroatoms. The monoisotopic (exact) mass is 540 g/mol. The predicted molar refractivity (Wildman–Crippen MR) is 128 cm³/mol. The molecule has 1 unspecified atom stereocenters. The summed E-state index contributed by atoms with van der Waals surface area (Å²) in [4.78, 5) is 9.14. The topological polar surface area (TPSA) is 69.8 Å². The summed E-state index contributed by atoms with van der Waals surface area (Å²) in [6.45, 7) is 3.99. The minimum absolute atomic E-state index is 0.412. The summed E-state index contributed by atoms with van der Waals surface area (Å²) in [6.07, 6.45) is 0.490. The van der Waals surface area contributed by atoms with Gasteiger partial charge in [-0.3, -0.25) is 9.02 Å². The Kier molecular flexibility index (Phi) is 5.68. The van der Waals surface area contributed by atoms with Crippen LogP contribution in [0.4, 0.5) is 11.4 Å². The van der Waals surface area contributed by atoms with Crippen molar-refractivity contribution in [2.24, 2.45) is 7.05 Å². The van der Waals surface area contributed by atoms with Crippen molar-refractivity contribution in [3.8, 4) is 17.0 Å². The molecular weight excluding hydrogens is 522 g/mol. The number of hydrogen-bond donors (Lipinski definition) is 1. The molecule has 4 rings (SSSR count). The number of halogens is 2. The Bertz CT molecular complexity index is 1200. The molecule has 0 aliphatic heterocycles. The minimum atomic E-state index is 0.412. The first-order valence-corrected chi connectivity index (χ1v) is 13.2. The number of aromatic nitrogens is 5. The summed E-state index contributed by atoms with van der Waals surface area (Å²) < 4.78 is 9.55. The second-order valence-corrected chi connectivity index (χ2v) is 9.03. The molecule has 0 saturated carbocycles. The highest BCUT2D eigenvalue weighted by atomic mass is 127. The molecule has 4 aromatic rings. The molecule has 0 saturated heterocycles. The van der Waals surface area contributed by atoms with Crippen LogP contribution in [0.3, 0.4) is 0 Å². The van der Waals surface area contributed by atoms with Gasteiger partial charge in [-0.15, -0.1) is 0 Å². The number of benzene rings is 1. The van der Waals surface area contributed by atoms with Gasteiger partial charge in [-0.25, -0.2) is 9.97 Å². The molecule has 0 bridgehead atoms. The molecule has 0 fully saturated rings. The average Bonchev–Trinajstić information content (AvgIpc) is 3.20. The van der Waals surface area contributed by atoms with Gasteiger partial charge in [0, 0.05) is 24.4 Å².